The number of hydrogen-bond donors (Lipinski definition) is 2. The molecule has 2 amide bonds. The van der Waals surface area contributed by atoms with Gasteiger partial charge in [0.15, 0.2) is 11.5 Å². The molecule has 0 saturated carbocycles. The number of aromatic hydroxyl groups is 1. The zero-order valence-corrected chi connectivity index (χ0v) is 15.6. The fourth-order valence-electron chi connectivity index (χ4n) is 2.25. The molecule has 2 aromatic rings. The first-order chi connectivity index (χ1) is 11.9. The van der Waals surface area contributed by atoms with Gasteiger partial charge in [0, 0.05) is 18.8 Å². The number of carbonyl (C=O) groups is 1. The van der Waals surface area contributed by atoms with Gasteiger partial charge in [-0.1, -0.05) is 29.3 Å². The molecule has 0 aliphatic carbocycles. The highest BCUT2D eigenvalue weighted by atomic mass is 35.5. The van der Waals surface area contributed by atoms with Crippen molar-refractivity contribution in [3.63, 3.8) is 0 Å². The van der Waals surface area contributed by atoms with Crippen LogP contribution in [0.25, 0.3) is 0 Å². The first-order valence-electron chi connectivity index (χ1n) is 7.90. The Labute approximate surface area is 157 Å². The summed E-state index contributed by atoms with van der Waals surface area (Å²) in [6.45, 7) is 5.07. The molecule has 0 spiro atoms. The fraction of sp³-hybridized carbons (Fsp3) is 0.278. The third kappa shape index (κ3) is 5.18. The summed E-state index contributed by atoms with van der Waals surface area (Å²) in [4.78, 5) is 14.1. The Morgan fingerprint density at radius 3 is 2.56 bits per heavy atom. The van der Waals surface area contributed by atoms with Crippen LogP contribution < -0.4 is 10.1 Å². The summed E-state index contributed by atoms with van der Waals surface area (Å²) in [5, 5.41) is 13.4. The molecule has 0 radical (unpaired) electrons. The highest BCUT2D eigenvalue weighted by molar-refractivity contribution is 6.42. The van der Waals surface area contributed by atoms with Gasteiger partial charge in [0.1, 0.15) is 0 Å². The van der Waals surface area contributed by atoms with Crippen LogP contribution in [0.3, 0.4) is 0 Å². The lowest BCUT2D eigenvalue weighted by Gasteiger charge is -2.22. The van der Waals surface area contributed by atoms with E-state index in [4.69, 9.17) is 27.9 Å². The van der Waals surface area contributed by atoms with Gasteiger partial charge in [0.05, 0.1) is 16.7 Å². The van der Waals surface area contributed by atoms with Crippen LogP contribution in [0.15, 0.2) is 36.4 Å². The van der Waals surface area contributed by atoms with Crippen molar-refractivity contribution in [3.8, 4) is 11.5 Å². The molecule has 5 nitrogen and oxygen atoms in total. The largest absolute Gasteiger partial charge is 0.504 e. The van der Waals surface area contributed by atoms with Crippen LogP contribution in [0.5, 0.6) is 11.5 Å². The quantitative estimate of drug-likeness (QED) is 0.725. The van der Waals surface area contributed by atoms with Crippen LogP contribution in [0, 0.1) is 0 Å². The molecule has 0 aliphatic rings. The zero-order valence-electron chi connectivity index (χ0n) is 14.1. The van der Waals surface area contributed by atoms with Crippen molar-refractivity contribution in [1.29, 1.82) is 0 Å². The van der Waals surface area contributed by atoms with E-state index in [1.54, 1.807) is 41.3 Å². The Bertz CT molecular complexity index is 753. The van der Waals surface area contributed by atoms with Crippen molar-refractivity contribution in [2.45, 2.75) is 20.4 Å². The Morgan fingerprint density at radius 1 is 1.16 bits per heavy atom. The van der Waals surface area contributed by atoms with Crippen LogP contribution in [0.4, 0.5) is 10.5 Å². The van der Waals surface area contributed by atoms with Gasteiger partial charge in [-0.3, -0.25) is 0 Å². The number of hydrogen-bond acceptors (Lipinski definition) is 3. The number of carbonyl (C=O) groups excluding carboxylic acids is 1. The van der Waals surface area contributed by atoms with Crippen LogP contribution in [0.2, 0.25) is 10.0 Å². The molecule has 0 heterocycles. The summed E-state index contributed by atoms with van der Waals surface area (Å²) in [6, 6.07) is 9.71. The van der Waals surface area contributed by atoms with Crippen molar-refractivity contribution < 1.29 is 14.6 Å². The first kappa shape index (κ1) is 19.2. The minimum absolute atomic E-state index is 0.0777. The maximum absolute atomic E-state index is 12.5. The SMILES string of the molecule is CCOc1cc(CN(CC)C(=O)Nc2ccc(Cl)c(Cl)c2)ccc1O. The van der Waals surface area contributed by atoms with Crippen LogP contribution in [0.1, 0.15) is 19.4 Å². The van der Waals surface area contributed by atoms with Crippen molar-refractivity contribution in [1.82, 2.24) is 4.90 Å². The molecule has 134 valence electrons. The lowest BCUT2D eigenvalue weighted by atomic mass is 10.2. The monoisotopic (exact) mass is 382 g/mol. The number of benzene rings is 2. The van der Waals surface area contributed by atoms with E-state index >= 15 is 0 Å². The van der Waals surface area contributed by atoms with Gasteiger partial charge in [0.2, 0.25) is 0 Å². The van der Waals surface area contributed by atoms with Crippen molar-refractivity contribution >= 4 is 34.9 Å². The average molecular weight is 383 g/mol. The van der Waals surface area contributed by atoms with Gasteiger partial charge in [0.25, 0.3) is 0 Å². The number of anilines is 1. The highest BCUT2D eigenvalue weighted by Gasteiger charge is 2.14. The number of amides is 2. The van der Waals surface area contributed by atoms with E-state index in [0.29, 0.717) is 41.2 Å². The molecule has 2 rings (SSSR count). The van der Waals surface area contributed by atoms with Crippen molar-refractivity contribution in [2.75, 3.05) is 18.5 Å². The molecule has 0 atom stereocenters. The minimum atomic E-state index is -0.257. The lowest BCUT2D eigenvalue weighted by molar-refractivity contribution is 0.212. The molecular weight excluding hydrogens is 363 g/mol. The van der Waals surface area contributed by atoms with E-state index in [1.807, 2.05) is 13.8 Å². The second-order valence-corrected chi connectivity index (χ2v) is 6.12. The van der Waals surface area contributed by atoms with Gasteiger partial charge in [-0.2, -0.15) is 0 Å². The van der Waals surface area contributed by atoms with Gasteiger partial charge in [-0.05, 0) is 49.7 Å². The number of nitrogens with one attached hydrogen (secondary N) is 1. The molecule has 0 aromatic heterocycles. The number of halogens is 2. The van der Waals surface area contributed by atoms with Gasteiger partial charge < -0.3 is 20.1 Å². The summed E-state index contributed by atoms with van der Waals surface area (Å²) >= 11 is 11.8. The number of phenols is 1. The van der Waals surface area contributed by atoms with Crippen molar-refractivity contribution in [3.05, 3.63) is 52.0 Å². The molecule has 7 heteroatoms. The van der Waals surface area contributed by atoms with Crippen LogP contribution in [-0.4, -0.2) is 29.2 Å². The second kappa shape index (κ2) is 8.83. The predicted octanol–water partition coefficient (Wildman–Crippen LogP) is 5.15. The molecule has 0 aliphatic heterocycles. The second-order valence-electron chi connectivity index (χ2n) is 5.31. The topological polar surface area (TPSA) is 61.8 Å². The smallest absolute Gasteiger partial charge is 0.322 e. The summed E-state index contributed by atoms with van der Waals surface area (Å²) in [7, 11) is 0. The fourth-order valence-corrected chi connectivity index (χ4v) is 2.55. The normalized spacial score (nSPS) is 10.4. The summed E-state index contributed by atoms with van der Waals surface area (Å²) < 4.78 is 5.38. The molecule has 25 heavy (non-hydrogen) atoms. The maximum atomic E-state index is 12.5. The summed E-state index contributed by atoms with van der Waals surface area (Å²) in [6.07, 6.45) is 0. The number of phenolic OH excluding ortho intramolecular Hbond substituents is 1. The summed E-state index contributed by atoms with van der Waals surface area (Å²) in [5.41, 5.74) is 1.42. The van der Waals surface area contributed by atoms with Gasteiger partial charge >= 0.3 is 6.03 Å². The minimum Gasteiger partial charge on any atom is -0.504 e. The standard InChI is InChI=1S/C18H20Cl2N2O3/c1-3-22(11-12-5-8-16(23)17(9-12)25-4-2)18(24)21-13-6-7-14(19)15(20)10-13/h5-10,23H,3-4,11H2,1-2H3,(H,21,24). The first-order valence-corrected chi connectivity index (χ1v) is 8.65. The summed E-state index contributed by atoms with van der Waals surface area (Å²) in [5.74, 6) is 0.481. The van der Waals surface area contributed by atoms with Crippen LogP contribution >= 0.6 is 23.2 Å². The van der Waals surface area contributed by atoms with Crippen LogP contribution in [-0.2, 0) is 6.54 Å². The molecule has 0 bridgehead atoms. The van der Waals surface area contributed by atoms with E-state index < -0.39 is 0 Å². The van der Waals surface area contributed by atoms with E-state index in [2.05, 4.69) is 5.32 Å². The molecule has 0 unspecified atom stereocenters. The number of ether oxygens (including phenoxy) is 1. The van der Waals surface area contributed by atoms with E-state index in [9.17, 15) is 9.90 Å². The molecule has 0 saturated heterocycles. The van der Waals surface area contributed by atoms with Gasteiger partial charge in [-0.25, -0.2) is 4.79 Å². The Hall–Kier alpha value is -2.11. The van der Waals surface area contributed by atoms with E-state index in [1.165, 1.54) is 0 Å². The third-order valence-corrected chi connectivity index (χ3v) is 4.28. The number of rotatable bonds is 6. The molecule has 2 aromatic carbocycles. The highest BCUT2D eigenvalue weighted by Crippen LogP contribution is 2.28. The third-order valence-electron chi connectivity index (χ3n) is 3.54. The molecule has 0 fully saturated rings. The Balaban J connectivity index is 2.09. The van der Waals surface area contributed by atoms with Crippen molar-refractivity contribution in [2.24, 2.45) is 0 Å². The number of urea groups is 1. The van der Waals surface area contributed by atoms with E-state index in [-0.39, 0.29) is 11.8 Å². The predicted molar refractivity (Wildman–Crippen MR) is 101 cm³/mol. The number of nitrogens with zero attached hydrogens (tertiary/aromatic N) is 1. The Kier molecular flexibility index (Phi) is 6.79. The average Bonchev–Trinajstić information content (AvgIpc) is 2.58. The Morgan fingerprint density at radius 2 is 1.92 bits per heavy atom. The van der Waals surface area contributed by atoms with E-state index in [0.717, 1.165) is 5.56 Å². The van der Waals surface area contributed by atoms with Gasteiger partial charge in [-0.15, -0.1) is 0 Å². The maximum Gasteiger partial charge on any atom is 0.322 e. The zero-order chi connectivity index (χ0) is 18.4. The molecular formula is C18H20Cl2N2O3. The lowest BCUT2D eigenvalue weighted by Crippen LogP contribution is -2.34. The molecule has 2 N–H and O–H groups in total.